The van der Waals surface area contributed by atoms with Crippen molar-refractivity contribution in [3.8, 4) is 5.75 Å². The monoisotopic (exact) mass is 670 g/mol. The summed E-state index contributed by atoms with van der Waals surface area (Å²) in [5.41, 5.74) is 4.48. The van der Waals surface area contributed by atoms with Gasteiger partial charge in [0.05, 0.1) is 29.7 Å². The number of aryl methyl sites for hydroxylation is 1. The van der Waals surface area contributed by atoms with Crippen LogP contribution in [0.5, 0.6) is 5.75 Å². The van der Waals surface area contributed by atoms with Gasteiger partial charge in [-0.1, -0.05) is 23.7 Å². The molecular formula is C36H47ClN2O6S. The zero-order valence-electron chi connectivity index (χ0n) is 27.4. The fourth-order valence-corrected chi connectivity index (χ4v) is 8.79. The molecule has 1 fully saturated rings. The van der Waals surface area contributed by atoms with E-state index in [-0.39, 0.29) is 29.2 Å². The second-order valence-corrected chi connectivity index (χ2v) is 17.0. The number of carbonyl (C=O) groups is 1. The van der Waals surface area contributed by atoms with Crippen LogP contribution in [0, 0.1) is 17.8 Å². The molecule has 1 unspecified atom stereocenters. The maximum atomic E-state index is 13.2. The normalized spacial score (nSPS) is 26.4. The van der Waals surface area contributed by atoms with Crippen molar-refractivity contribution < 1.29 is 27.4 Å². The molecule has 46 heavy (non-hydrogen) atoms. The molecule has 0 aromatic heterocycles. The Hall–Kier alpha value is -2.59. The number of nitrogens with zero attached hydrogens (tertiary/aromatic N) is 1. The maximum absolute atomic E-state index is 13.2. The number of nitrogens with two attached hydrogens (primary N) is 1. The maximum Gasteiger partial charge on any atom is 0.338 e. The minimum atomic E-state index is -3.46. The predicted molar refractivity (Wildman–Crippen MR) is 181 cm³/mol. The molecule has 1 heterocycles. The Bertz CT molecular complexity index is 1620. The van der Waals surface area contributed by atoms with E-state index >= 15 is 0 Å². The Labute approximate surface area is 278 Å². The van der Waals surface area contributed by atoms with E-state index in [2.05, 4.69) is 23.1 Å². The van der Waals surface area contributed by atoms with Crippen LogP contribution in [-0.4, -0.2) is 58.7 Å². The summed E-state index contributed by atoms with van der Waals surface area (Å²) in [6, 6.07) is 11.9. The van der Waals surface area contributed by atoms with Gasteiger partial charge in [-0.15, -0.1) is 0 Å². The van der Waals surface area contributed by atoms with Crippen molar-refractivity contribution in [2.45, 2.75) is 82.8 Å². The molecule has 1 spiro atoms. The number of halogens is 1. The highest BCUT2D eigenvalue weighted by Gasteiger charge is 2.46. The summed E-state index contributed by atoms with van der Waals surface area (Å²) in [7, 11) is -1.69. The van der Waals surface area contributed by atoms with E-state index in [1.165, 1.54) is 16.7 Å². The third kappa shape index (κ3) is 7.13. The van der Waals surface area contributed by atoms with Crippen molar-refractivity contribution in [1.82, 2.24) is 0 Å². The van der Waals surface area contributed by atoms with Crippen LogP contribution in [0.2, 0.25) is 5.02 Å². The highest BCUT2D eigenvalue weighted by molar-refractivity contribution is 7.89. The number of primary sulfonamides is 1. The minimum Gasteiger partial charge on any atom is -0.490 e. The van der Waals surface area contributed by atoms with E-state index in [1.54, 1.807) is 13.2 Å². The quantitative estimate of drug-likeness (QED) is 0.242. The number of rotatable bonds is 9. The summed E-state index contributed by atoms with van der Waals surface area (Å²) in [5, 5.41) is 5.99. The Morgan fingerprint density at radius 1 is 1.20 bits per heavy atom. The van der Waals surface area contributed by atoms with Gasteiger partial charge in [-0.3, -0.25) is 0 Å². The molecular weight excluding hydrogens is 624 g/mol. The molecule has 10 heteroatoms. The van der Waals surface area contributed by atoms with Gasteiger partial charge in [-0.05, 0) is 131 Å². The summed E-state index contributed by atoms with van der Waals surface area (Å²) in [6.07, 6.45) is 8.82. The predicted octanol–water partition coefficient (Wildman–Crippen LogP) is 6.43. The van der Waals surface area contributed by atoms with Crippen molar-refractivity contribution in [3.63, 3.8) is 0 Å². The first-order valence-electron chi connectivity index (χ1n) is 16.5. The zero-order chi connectivity index (χ0) is 32.9. The lowest BCUT2D eigenvalue weighted by Gasteiger charge is -2.48. The molecule has 0 amide bonds. The van der Waals surface area contributed by atoms with Crippen LogP contribution in [0.3, 0.4) is 0 Å². The fourth-order valence-electron chi connectivity index (χ4n) is 7.97. The number of sulfonamides is 1. The highest BCUT2D eigenvalue weighted by atomic mass is 35.5. The van der Waals surface area contributed by atoms with Crippen molar-refractivity contribution >= 4 is 33.3 Å². The number of hydrogen-bond acceptors (Lipinski definition) is 7. The molecule has 5 atom stereocenters. The second-order valence-electron chi connectivity index (χ2n) is 14.8. The van der Waals surface area contributed by atoms with Crippen LogP contribution in [0.1, 0.15) is 80.8 Å². The zero-order valence-corrected chi connectivity index (χ0v) is 29.0. The van der Waals surface area contributed by atoms with Gasteiger partial charge in [-0.25, -0.2) is 18.4 Å². The molecule has 2 aromatic carbocycles. The number of fused-ring (bicyclic) bond motifs is 3. The van der Waals surface area contributed by atoms with E-state index in [1.807, 2.05) is 39.0 Å². The van der Waals surface area contributed by atoms with Crippen LogP contribution in [0.25, 0.3) is 0 Å². The number of esters is 1. The molecule has 8 nitrogen and oxygen atoms in total. The standard InChI is InChI=1S/C36H47ClN2O6S/c1-35(2,3)45-34(40)25-8-12-32-31(19-25)39(21-36(22-44-32)14-5-6-24-18-28(37)9-11-30(24)36)20-26-7-10-29(26)33(43-4)27-16-23(17-27)13-15-46(38,41)42/h8-9,11-12,16,18-19,23,26,29,33H,5-7,10,13-15,17,20-22H2,1-4H3,(H2,38,41,42)/t23?,26-,29+,33-,36-/m0/s1. The summed E-state index contributed by atoms with van der Waals surface area (Å²) < 4.78 is 41.4. The van der Waals surface area contributed by atoms with E-state index in [0.717, 1.165) is 68.1 Å². The van der Waals surface area contributed by atoms with Crippen LogP contribution in [0.4, 0.5) is 5.69 Å². The van der Waals surface area contributed by atoms with Gasteiger partial charge >= 0.3 is 5.97 Å². The number of methoxy groups -OCH3 is 1. The first kappa shape index (κ1) is 33.3. The van der Waals surface area contributed by atoms with Gasteiger partial charge in [0, 0.05) is 30.6 Å². The number of carbonyl (C=O) groups excluding carboxylic acids is 1. The second kappa shape index (κ2) is 12.8. The smallest absolute Gasteiger partial charge is 0.338 e. The van der Waals surface area contributed by atoms with Gasteiger partial charge in [0.15, 0.2) is 0 Å². The Morgan fingerprint density at radius 3 is 2.65 bits per heavy atom. The third-order valence-corrected chi connectivity index (χ3v) is 11.4. The van der Waals surface area contributed by atoms with Crippen LogP contribution in [0.15, 0.2) is 48.0 Å². The average molecular weight is 671 g/mol. The molecule has 0 saturated heterocycles. The highest BCUT2D eigenvalue weighted by Crippen LogP contribution is 2.48. The van der Waals surface area contributed by atoms with Crippen molar-refractivity contribution in [2.75, 3.05) is 37.5 Å². The van der Waals surface area contributed by atoms with Gasteiger partial charge in [0.25, 0.3) is 0 Å². The molecule has 1 aliphatic heterocycles. The molecule has 3 aliphatic carbocycles. The average Bonchev–Trinajstić information content (AvgIpc) is 3.09. The van der Waals surface area contributed by atoms with Gasteiger partial charge in [0.2, 0.25) is 10.0 Å². The number of anilines is 1. The minimum absolute atomic E-state index is 0.00393. The Morgan fingerprint density at radius 2 is 1.98 bits per heavy atom. The summed E-state index contributed by atoms with van der Waals surface area (Å²) in [4.78, 5) is 15.6. The van der Waals surface area contributed by atoms with Crippen molar-refractivity contribution in [3.05, 3.63) is 69.8 Å². The van der Waals surface area contributed by atoms with E-state index in [9.17, 15) is 13.2 Å². The first-order chi connectivity index (χ1) is 21.7. The summed E-state index contributed by atoms with van der Waals surface area (Å²) in [6.45, 7) is 7.77. The van der Waals surface area contributed by atoms with Crippen molar-refractivity contribution in [1.29, 1.82) is 0 Å². The SMILES string of the molecule is CO[C@@H](C1=CC(CCS(N)(=O)=O)C1)[C@@H]1CC[C@H]1CN1C[C@@]2(CCCc3cc(Cl)ccc32)COc2ccc(C(=O)OC(C)(C)C)cc21. The summed E-state index contributed by atoms with van der Waals surface area (Å²) >= 11 is 6.44. The largest absolute Gasteiger partial charge is 0.490 e. The lowest BCUT2D eigenvalue weighted by atomic mass is 9.65. The third-order valence-electron chi connectivity index (χ3n) is 10.3. The number of benzene rings is 2. The first-order valence-corrected chi connectivity index (χ1v) is 18.6. The van der Waals surface area contributed by atoms with Crippen LogP contribution >= 0.6 is 11.6 Å². The molecule has 250 valence electrons. The summed E-state index contributed by atoms with van der Waals surface area (Å²) in [5.74, 6) is 1.40. The van der Waals surface area contributed by atoms with E-state index in [0.29, 0.717) is 30.4 Å². The Kier molecular flexibility index (Phi) is 9.26. The Balaban J connectivity index is 1.29. The van der Waals surface area contributed by atoms with Crippen LogP contribution in [-0.2, 0) is 31.3 Å². The lowest BCUT2D eigenvalue weighted by molar-refractivity contribution is 0.000512. The lowest BCUT2D eigenvalue weighted by Crippen LogP contribution is -2.50. The van der Waals surface area contributed by atoms with Gasteiger partial charge < -0.3 is 19.1 Å². The molecule has 2 N–H and O–H groups in total. The van der Waals surface area contributed by atoms with Crippen molar-refractivity contribution in [2.24, 2.45) is 22.9 Å². The van der Waals surface area contributed by atoms with Gasteiger partial charge in [0.1, 0.15) is 11.4 Å². The molecule has 6 rings (SSSR count). The number of allylic oxidation sites excluding steroid dienone is 1. The fraction of sp³-hybridized carbons (Fsp3) is 0.583. The molecule has 0 radical (unpaired) electrons. The number of hydrogen-bond donors (Lipinski definition) is 1. The molecule has 4 aliphatic rings. The van der Waals surface area contributed by atoms with Crippen LogP contribution < -0.4 is 14.8 Å². The molecule has 0 bridgehead atoms. The van der Waals surface area contributed by atoms with Gasteiger partial charge in [-0.2, -0.15) is 0 Å². The van der Waals surface area contributed by atoms with E-state index < -0.39 is 15.6 Å². The molecule has 1 saturated carbocycles. The van der Waals surface area contributed by atoms with E-state index in [4.69, 9.17) is 31.0 Å². The molecule has 2 aromatic rings. The number of ether oxygens (including phenoxy) is 3. The topological polar surface area (TPSA) is 108 Å².